The molecule has 6 aromatic carbocycles. The number of rotatable bonds is 5. The molecule has 1 N–H and O–H groups in total. The van der Waals surface area contributed by atoms with Crippen LogP contribution in [0.4, 0.5) is 11.4 Å². The number of hydrogen-bond donors (Lipinski definition) is 1. The van der Waals surface area contributed by atoms with E-state index in [0.29, 0.717) is 0 Å². The maximum absolute atomic E-state index is 3.68. The lowest BCUT2D eigenvalue weighted by atomic mass is 9.67. The monoisotopic (exact) mass is 485 g/mol. The lowest BCUT2D eigenvalue weighted by molar-refractivity contribution is 0.769. The molecule has 0 bridgehead atoms. The smallest absolute Gasteiger partial charge is 0.0714 e. The largest absolute Gasteiger partial charge is 0.356 e. The van der Waals surface area contributed by atoms with Crippen molar-refractivity contribution in [3.05, 3.63) is 180 Å². The van der Waals surface area contributed by atoms with Crippen LogP contribution in [0.25, 0.3) is 22.3 Å². The van der Waals surface area contributed by atoms with Crippen LogP contribution < -0.4 is 5.32 Å². The van der Waals surface area contributed by atoms with Gasteiger partial charge in [0.1, 0.15) is 0 Å². The van der Waals surface area contributed by atoms with Gasteiger partial charge in [0.25, 0.3) is 0 Å². The second kappa shape index (κ2) is 9.21. The first kappa shape index (κ1) is 22.3. The minimum atomic E-state index is -0.386. The zero-order chi connectivity index (χ0) is 25.4. The van der Waals surface area contributed by atoms with E-state index in [1.54, 1.807) is 0 Å². The predicted molar refractivity (Wildman–Crippen MR) is 159 cm³/mol. The van der Waals surface area contributed by atoms with Gasteiger partial charge in [-0.2, -0.15) is 0 Å². The van der Waals surface area contributed by atoms with Gasteiger partial charge < -0.3 is 5.32 Å². The van der Waals surface area contributed by atoms with Crippen LogP contribution in [0.2, 0.25) is 0 Å². The molecule has 0 saturated heterocycles. The molecule has 38 heavy (non-hydrogen) atoms. The molecule has 1 aliphatic carbocycles. The molecule has 1 aliphatic rings. The molecule has 1 heteroatoms. The van der Waals surface area contributed by atoms with E-state index in [-0.39, 0.29) is 5.41 Å². The van der Waals surface area contributed by atoms with E-state index in [1.807, 2.05) is 0 Å². The van der Waals surface area contributed by atoms with Crippen LogP contribution in [0, 0.1) is 0 Å². The Morgan fingerprint density at radius 1 is 0.368 bits per heavy atom. The van der Waals surface area contributed by atoms with Crippen LogP contribution >= 0.6 is 0 Å². The Hall–Kier alpha value is -4.88. The first-order valence-corrected chi connectivity index (χ1v) is 13.1. The molecule has 0 aliphatic heterocycles. The highest BCUT2D eigenvalue weighted by molar-refractivity contribution is 5.88. The summed E-state index contributed by atoms with van der Waals surface area (Å²) in [7, 11) is 0. The molecule has 6 aromatic rings. The van der Waals surface area contributed by atoms with Crippen LogP contribution in [0.1, 0.15) is 22.3 Å². The fraction of sp³-hybridized carbons (Fsp3) is 0.0270. The van der Waals surface area contributed by atoms with Gasteiger partial charge in [-0.3, -0.25) is 0 Å². The average molecular weight is 486 g/mol. The van der Waals surface area contributed by atoms with E-state index in [0.717, 1.165) is 11.4 Å². The van der Waals surface area contributed by atoms with Gasteiger partial charge in [0, 0.05) is 11.4 Å². The van der Waals surface area contributed by atoms with E-state index in [1.165, 1.54) is 44.5 Å². The first-order chi connectivity index (χ1) is 18.8. The summed E-state index contributed by atoms with van der Waals surface area (Å²) in [5, 5.41) is 3.68. The van der Waals surface area contributed by atoms with E-state index in [9.17, 15) is 0 Å². The molecule has 0 radical (unpaired) electrons. The molecule has 0 amide bonds. The molecule has 7 rings (SSSR count). The summed E-state index contributed by atoms with van der Waals surface area (Å²) in [6, 6.07) is 56.7. The normalized spacial score (nSPS) is 12.9. The van der Waals surface area contributed by atoms with E-state index >= 15 is 0 Å². The topological polar surface area (TPSA) is 12.0 Å². The summed E-state index contributed by atoms with van der Waals surface area (Å²) in [5.74, 6) is 0. The third-order valence-corrected chi connectivity index (χ3v) is 7.74. The molecule has 0 unspecified atom stereocenters. The van der Waals surface area contributed by atoms with Gasteiger partial charge in [0.15, 0.2) is 0 Å². The Labute approximate surface area is 224 Å². The van der Waals surface area contributed by atoms with Crippen molar-refractivity contribution < 1.29 is 0 Å². The van der Waals surface area contributed by atoms with Crippen molar-refractivity contribution in [1.82, 2.24) is 0 Å². The third kappa shape index (κ3) is 3.55. The van der Waals surface area contributed by atoms with Gasteiger partial charge in [-0.25, -0.2) is 0 Å². The fourth-order valence-electron chi connectivity index (χ4n) is 6.07. The van der Waals surface area contributed by atoms with Gasteiger partial charge in [-0.05, 0) is 68.8 Å². The highest BCUT2D eigenvalue weighted by Crippen LogP contribution is 2.56. The van der Waals surface area contributed by atoms with Crippen LogP contribution in [0.5, 0.6) is 0 Å². The van der Waals surface area contributed by atoms with Gasteiger partial charge in [0.2, 0.25) is 0 Å². The van der Waals surface area contributed by atoms with Crippen LogP contribution in [0.15, 0.2) is 158 Å². The van der Waals surface area contributed by atoms with Gasteiger partial charge >= 0.3 is 0 Å². The van der Waals surface area contributed by atoms with E-state index < -0.39 is 0 Å². The Morgan fingerprint density at radius 2 is 0.868 bits per heavy atom. The minimum Gasteiger partial charge on any atom is -0.356 e. The second-order valence-electron chi connectivity index (χ2n) is 9.86. The van der Waals surface area contributed by atoms with Crippen molar-refractivity contribution >= 4 is 11.4 Å². The van der Waals surface area contributed by atoms with Crippen molar-refractivity contribution in [2.45, 2.75) is 5.41 Å². The third-order valence-electron chi connectivity index (χ3n) is 7.74. The van der Waals surface area contributed by atoms with Crippen molar-refractivity contribution in [3.63, 3.8) is 0 Å². The quantitative estimate of drug-likeness (QED) is 0.256. The summed E-state index contributed by atoms with van der Waals surface area (Å²) in [4.78, 5) is 0. The Kier molecular flexibility index (Phi) is 5.41. The molecular formula is C37H27N. The highest BCUT2D eigenvalue weighted by atomic mass is 14.9. The van der Waals surface area contributed by atoms with Crippen LogP contribution in [-0.2, 0) is 5.41 Å². The first-order valence-electron chi connectivity index (χ1n) is 13.1. The molecule has 1 nitrogen and oxygen atoms in total. The van der Waals surface area contributed by atoms with Crippen molar-refractivity contribution in [1.29, 1.82) is 0 Å². The summed E-state index contributed by atoms with van der Waals surface area (Å²) in [5.41, 5.74) is 12.0. The molecule has 0 spiro atoms. The zero-order valence-corrected chi connectivity index (χ0v) is 21.0. The summed E-state index contributed by atoms with van der Waals surface area (Å²) >= 11 is 0. The molecule has 0 fully saturated rings. The second-order valence-corrected chi connectivity index (χ2v) is 9.86. The van der Waals surface area contributed by atoms with Crippen molar-refractivity contribution in [2.75, 3.05) is 5.32 Å². The van der Waals surface area contributed by atoms with Crippen LogP contribution in [0.3, 0.4) is 0 Å². The number of benzene rings is 6. The maximum Gasteiger partial charge on any atom is 0.0714 e. The van der Waals surface area contributed by atoms with E-state index in [4.69, 9.17) is 0 Å². The predicted octanol–water partition coefficient (Wildman–Crippen LogP) is 9.46. The summed E-state index contributed by atoms with van der Waals surface area (Å²) in [6.45, 7) is 0. The van der Waals surface area contributed by atoms with Gasteiger partial charge in [0.05, 0.1) is 5.41 Å². The average Bonchev–Trinajstić information content (AvgIpc) is 3.29. The molecule has 0 heterocycles. The van der Waals surface area contributed by atoms with E-state index in [2.05, 4.69) is 163 Å². The molecular weight excluding hydrogens is 458 g/mol. The Bertz CT molecular complexity index is 1660. The lowest BCUT2D eigenvalue weighted by Gasteiger charge is -2.34. The number of nitrogens with one attached hydrogen (secondary N) is 1. The SMILES string of the molecule is c1ccc(-c2ccc(Nc3ccc4c(c3)C(c3ccccc3)(c3ccccc3)c3ccccc3-4)cc2)cc1. The molecule has 180 valence electrons. The maximum atomic E-state index is 3.68. The molecule has 0 saturated carbocycles. The number of hydrogen-bond acceptors (Lipinski definition) is 1. The summed E-state index contributed by atoms with van der Waals surface area (Å²) < 4.78 is 0. The lowest BCUT2D eigenvalue weighted by Crippen LogP contribution is -2.28. The number of fused-ring (bicyclic) bond motifs is 3. The zero-order valence-electron chi connectivity index (χ0n) is 21.0. The summed E-state index contributed by atoms with van der Waals surface area (Å²) in [6.07, 6.45) is 0. The van der Waals surface area contributed by atoms with Crippen molar-refractivity contribution in [2.24, 2.45) is 0 Å². The van der Waals surface area contributed by atoms with Crippen molar-refractivity contribution in [3.8, 4) is 22.3 Å². The van der Waals surface area contributed by atoms with Gasteiger partial charge in [-0.15, -0.1) is 0 Å². The fourth-order valence-corrected chi connectivity index (χ4v) is 6.07. The number of anilines is 2. The Morgan fingerprint density at radius 3 is 1.53 bits per heavy atom. The standard InChI is InChI=1S/C37H27N/c1-4-12-27(13-5-1)28-20-22-31(23-21-28)38-32-24-25-34-33-18-10-11-19-35(33)37(36(34)26-32,29-14-6-2-7-15-29)30-16-8-3-9-17-30/h1-26,38H. The van der Waals surface area contributed by atoms with Crippen LogP contribution in [-0.4, -0.2) is 0 Å². The Balaban J connectivity index is 1.37. The molecule has 0 atom stereocenters. The molecule has 0 aromatic heterocycles. The minimum absolute atomic E-state index is 0.386. The van der Waals surface area contributed by atoms with Gasteiger partial charge in [-0.1, -0.05) is 133 Å². The highest BCUT2D eigenvalue weighted by Gasteiger charge is 2.45.